The van der Waals surface area contributed by atoms with Gasteiger partial charge in [-0.1, -0.05) is 34.6 Å². The number of phenols is 1. The molecule has 0 spiro atoms. The lowest BCUT2D eigenvalue weighted by molar-refractivity contribution is -0.138. The zero-order chi connectivity index (χ0) is 21.6. The molecule has 2 aromatic rings. The normalized spacial score (nSPS) is 12.6. The molecule has 0 unspecified atom stereocenters. The molecular formula is C19H17F3N2O5. The molecule has 2 rings (SSSR count). The number of aromatic hydroxyl groups is 1. The average Bonchev–Trinajstić information content (AvgIpc) is 2.65. The van der Waals surface area contributed by atoms with E-state index >= 15 is 0 Å². The molecule has 0 amide bonds. The molecule has 0 heterocycles. The number of alkyl halides is 3. The molecule has 2 N–H and O–H groups in total. The van der Waals surface area contributed by atoms with Crippen LogP contribution < -0.4 is 0 Å². The van der Waals surface area contributed by atoms with Gasteiger partial charge in [0.25, 0.3) is 0 Å². The number of oxime groups is 2. The number of nitrogens with zero attached hydrogens (tertiary/aromatic N) is 2. The van der Waals surface area contributed by atoms with Gasteiger partial charge >= 0.3 is 12.1 Å². The Hall–Kier alpha value is -3.56. The summed E-state index contributed by atoms with van der Waals surface area (Å²) < 4.78 is 38.7. The number of halogens is 3. The number of aliphatic carboxylic acids is 1. The first-order valence-electron chi connectivity index (χ1n) is 8.15. The zero-order valence-corrected chi connectivity index (χ0v) is 15.4. The summed E-state index contributed by atoms with van der Waals surface area (Å²) in [6.07, 6.45) is -4.71. The van der Waals surface area contributed by atoms with Gasteiger partial charge in [-0.05, 0) is 30.7 Å². The topological polar surface area (TPSA) is 101 Å². The summed E-state index contributed by atoms with van der Waals surface area (Å²) in [4.78, 5) is 21.1. The second-order valence-corrected chi connectivity index (χ2v) is 5.76. The molecule has 0 saturated heterocycles. The molecule has 0 aliphatic heterocycles. The molecule has 0 fully saturated rings. The summed E-state index contributed by atoms with van der Waals surface area (Å²) in [5.41, 5.74) is -0.590. The maximum absolute atomic E-state index is 12.9. The Kier molecular flexibility index (Phi) is 6.81. The lowest BCUT2D eigenvalue weighted by atomic mass is 10.0. The number of carboxylic acids is 1. The van der Waals surface area contributed by atoms with Crippen LogP contribution in [0.3, 0.4) is 0 Å². The number of hydrogen-bond donors (Lipinski definition) is 2. The fraction of sp³-hybridized carbons (Fsp3) is 0.211. The SMILES string of the molecule is CO/N=C(/C(=O)O)c1ccccc1CO/N=C(\C)c1ccc(O)c(C(F)(F)F)c1. The Morgan fingerprint density at radius 1 is 1.14 bits per heavy atom. The molecule has 0 radical (unpaired) electrons. The third-order valence-corrected chi connectivity index (χ3v) is 3.80. The van der Waals surface area contributed by atoms with Crippen LogP contribution in [-0.2, 0) is 27.3 Å². The predicted molar refractivity (Wildman–Crippen MR) is 97.7 cm³/mol. The highest BCUT2D eigenvalue weighted by molar-refractivity contribution is 6.42. The van der Waals surface area contributed by atoms with E-state index < -0.39 is 23.5 Å². The van der Waals surface area contributed by atoms with Gasteiger partial charge in [-0.2, -0.15) is 13.2 Å². The van der Waals surface area contributed by atoms with Crippen molar-refractivity contribution in [2.75, 3.05) is 7.11 Å². The van der Waals surface area contributed by atoms with E-state index in [1.807, 2.05) is 0 Å². The molecule has 10 heteroatoms. The Labute approximate surface area is 163 Å². The van der Waals surface area contributed by atoms with Crippen molar-refractivity contribution >= 4 is 17.4 Å². The van der Waals surface area contributed by atoms with Crippen LogP contribution in [-0.4, -0.2) is 34.7 Å². The first kappa shape index (κ1) is 21.7. The zero-order valence-electron chi connectivity index (χ0n) is 15.4. The molecule has 7 nitrogen and oxygen atoms in total. The van der Waals surface area contributed by atoms with Crippen molar-refractivity contribution in [3.63, 3.8) is 0 Å². The Morgan fingerprint density at radius 2 is 1.83 bits per heavy atom. The van der Waals surface area contributed by atoms with E-state index in [4.69, 9.17) is 4.84 Å². The molecule has 154 valence electrons. The highest BCUT2D eigenvalue weighted by atomic mass is 19.4. The predicted octanol–water partition coefficient (Wildman–Crippen LogP) is 3.79. The minimum absolute atomic E-state index is 0.107. The van der Waals surface area contributed by atoms with Crippen molar-refractivity contribution in [1.82, 2.24) is 0 Å². The van der Waals surface area contributed by atoms with Crippen molar-refractivity contribution in [2.45, 2.75) is 19.7 Å². The van der Waals surface area contributed by atoms with E-state index in [0.717, 1.165) is 12.1 Å². The Bertz CT molecular complexity index is 955. The molecule has 0 bridgehead atoms. The lowest BCUT2D eigenvalue weighted by Crippen LogP contribution is -2.17. The smallest absolute Gasteiger partial charge is 0.419 e. The van der Waals surface area contributed by atoms with Gasteiger partial charge in [-0.3, -0.25) is 0 Å². The van der Waals surface area contributed by atoms with Crippen molar-refractivity contribution in [3.05, 3.63) is 64.7 Å². The standard InChI is InChI=1S/C19H17F3N2O5/c1-11(12-7-8-16(25)15(9-12)19(20,21)22)23-29-10-13-5-3-4-6-14(13)17(18(26)27)24-28-2/h3-9,25H,10H2,1-2H3,(H,26,27)/b23-11+,24-17+. The van der Waals surface area contributed by atoms with Crippen molar-refractivity contribution < 1.29 is 37.9 Å². The number of hydrogen-bond acceptors (Lipinski definition) is 6. The average molecular weight is 410 g/mol. The third kappa shape index (κ3) is 5.47. The number of benzene rings is 2. The van der Waals surface area contributed by atoms with Gasteiger partial charge in [0.2, 0.25) is 0 Å². The molecular weight excluding hydrogens is 393 g/mol. The molecule has 29 heavy (non-hydrogen) atoms. The largest absolute Gasteiger partial charge is 0.507 e. The van der Waals surface area contributed by atoms with Crippen molar-refractivity contribution in [1.29, 1.82) is 0 Å². The van der Waals surface area contributed by atoms with Crippen LogP contribution in [0.25, 0.3) is 0 Å². The fourth-order valence-electron chi connectivity index (χ4n) is 2.41. The minimum atomic E-state index is -4.71. The first-order valence-corrected chi connectivity index (χ1v) is 8.15. The molecule has 0 aromatic heterocycles. The maximum Gasteiger partial charge on any atom is 0.419 e. The van der Waals surface area contributed by atoms with Crippen LogP contribution in [0, 0.1) is 0 Å². The second kappa shape index (κ2) is 9.09. The first-order chi connectivity index (χ1) is 13.6. The Balaban J connectivity index is 2.23. The van der Waals surface area contributed by atoms with E-state index in [1.165, 1.54) is 26.2 Å². The van der Waals surface area contributed by atoms with E-state index in [9.17, 15) is 28.2 Å². The van der Waals surface area contributed by atoms with Crippen molar-refractivity contribution in [2.24, 2.45) is 10.3 Å². The number of phenolic OH excluding ortho intramolecular Hbond substituents is 1. The van der Waals surface area contributed by atoms with Gasteiger partial charge in [-0.15, -0.1) is 0 Å². The fourth-order valence-corrected chi connectivity index (χ4v) is 2.41. The Morgan fingerprint density at radius 3 is 2.45 bits per heavy atom. The van der Waals surface area contributed by atoms with Crippen LogP contribution >= 0.6 is 0 Å². The summed E-state index contributed by atoms with van der Waals surface area (Å²) in [7, 11) is 1.21. The molecule has 0 atom stereocenters. The highest BCUT2D eigenvalue weighted by Crippen LogP contribution is 2.36. The van der Waals surface area contributed by atoms with Crippen LogP contribution in [0.1, 0.15) is 29.2 Å². The van der Waals surface area contributed by atoms with Crippen LogP contribution in [0.4, 0.5) is 13.2 Å². The van der Waals surface area contributed by atoms with Gasteiger partial charge in [0, 0.05) is 11.1 Å². The number of rotatable bonds is 7. The quantitative estimate of drug-likeness (QED) is 0.534. The van der Waals surface area contributed by atoms with Gasteiger partial charge in [0.1, 0.15) is 19.5 Å². The molecule has 0 saturated carbocycles. The summed E-state index contributed by atoms with van der Waals surface area (Å²) in [5, 5.41) is 25.9. The molecule has 2 aromatic carbocycles. The highest BCUT2D eigenvalue weighted by Gasteiger charge is 2.34. The minimum Gasteiger partial charge on any atom is -0.507 e. The second-order valence-electron chi connectivity index (χ2n) is 5.76. The molecule has 0 aliphatic carbocycles. The molecule has 0 aliphatic rings. The number of carboxylic acid groups (broad SMARTS) is 1. The summed E-state index contributed by atoms with van der Waals surface area (Å²) in [6.45, 7) is 1.28. The maximum atomic E-state index is 12.9. The van der Waals surface area contributed by atoms with Crippen LogP contribution in [0.2, 0.25) is 0 Å². The number of carbonyl (C=O) groups is 1. The summed E-state index contributed by atoms with van der Waals surface area (Å²) >= 11 is 0. The van der Waals surface area contributed by atoms with E-state index in [0.29, 0.717) is 5.56 Å². The summed E-state index contributed by atoms with van der Waals surface area (Å²) in [5.74, 6) is -2.19. The van der Waals surface area contributed by atoms with Crippen molar-refractivity contribution in [3.8, 4) is 5.75 Å². The van der Waals surface area contributed by atoms with Crippen LogP contribution in [0.5, 0.6) is 5.75 Å². The van der Waals surface area contributed by atoms with Gasteiger partial charge < -0.3 is 19.9 Å². The third-order valence-electron chi connectivity index (χ3n) is 3.80. The van der Waals surface area contributed by atoms with Gasteiger partial charge in [0.05, 0.1) is 11.3 Å². The van der Waals surface area contributed by atoms with E-state index in [1.54, 1.807) is 18.2 Å². The van der Waals surface area contributed by atoms with Gasteiger partial charge in [-0.25, -0.2) is 4.79 Å². The summed E-state index contributed by atoms with van der Waals surface area (Å²) in [6, 6.07) is 9.32. The van der Waals surface area contributed by atoms with E-state index in [-0.39, 0.29) is 29.2 Å². The van der Waals surface area contributed by atoms with Gasteiger partial charge in [0.15, 0.2) is 5.71 Å². The van der Waals surface area contributed by atoms with E-state index in [2.05, 4.69) is 15.1 Å². The monoisotopic (exact) mass is 410 g/mol. The van der Waals surface area contributed by atoms with Crippen LogP contribution in [0.15, 0.2) is 52.8 Å². The lowest BCUT2D eigenvalue weighted by Gasteiger charge is -2.11.